The number of Topliss-reactive ketones (excluding diaryl/α,β-unsaturated/α-hetero) is 1. The van der Waals surface area contributed by atoms with Gasteiger partial charge in [-0.15, -0.1) is 0 Å². The summed E-state index contributed by atoms with van der Waals surface area (Å²) in [6, 6.07) is 4.76. The van der Waals surface area contributed by atoms with Gasteiger partial charge in [0, 0.05) is 4.47 Å². The largest absolute Gasteiger partial charge is 0.496 e. The molecule has 0 aliphatic carbocycles. The van der Waals surface area contributed by atoms with E-state index in [1.165, 1.54) is 13.2 Å². The van der Waals surface area contributed by atoms with E-state index in [9.17, 15) is 9.59 Å². The molecule has 0 unspecified atom stereocenters. The van der Waals surface area contributed by atoms with Gasteiger partial charge in [0.1, 0.15) is 5.75 Å². The van der Waals surface area contributed by atoms with Gasteiger partial charge in [0.05, 0.1) is 19.8 Å². The normalized spacial score (nSPS) is 9.53. The molecule has 0 N–H and O–H groups in total. The van der Waals surface area contributed by atoms with Crippen molar-refractivity contribution in [1.82, 2.24) is 0 Å². The highest BCUT2D eigenvalue weighted by Crippen LogP contribution is 2.23. The van der Waals surface area contributed by atoms with Crippen molar-refractivity contribution in [2.24, 2.45) is 0 Å². The minimum absolute atomic E-state index is 0.188. The summed E-state index contributed by atoms with van der Waals surface area (Å²) in [5.74, 6) is -1.29. The summed E-state index contributed by atoms with van der Waals surface area (Å²) < 4.78 is 10.1. The lowest BCUT2D eigenvalue weighted by Gasteiger charge is -2.06. The Morgan fingerprint density at radius 3 is 2.47 bits per heavy atom. The van der Waals surface area contributed by atoms with Crippen molar-refractivity contribution in [2.45, 2.75) is 0 Å². The summed E-state index contributed by atoms with van der Waals surface area (Å²) in [7, 11) is 2.58. The highest BCUT2D eigenvalue weighted by molar-refractivity contribution is 9.10. The van der Waals surface area contributed by atoms with Crippen LogP contribution in [0.4, 0.5) is 0 Å². The number of methoxy groups -OCH3 is 2. The van der Waals surface area contributed by atoms with E-state index in [2.05, 4.69) is 20.7 Å². The Kier molecular flexibility index (Phi) is 3.85. The number of ether oxygens (including phenoxy) is 2. The molecule has 0 amide bonds. The van der Waals surface area contributed by atoms with Crippen molar-refractivity contribution in [2.75, 3.05) is 14.2 Å². The first-order valence-corrected chi connectivity index (χ1v) is 4.85. The van der Waals surface area contributed by atoms with Crippen molar-refractivity contribution in [3.05, 3.63) is 28.2 Å². The van der Waals surface area contributed by atoms with E-state index < -0.39 is 11.8 Å². The van der Waals surface area contributed by atoms with Crippen LogP contribution < -0.4 is 4.74 Å². The van der Waals surface area contributed by atoms with Gasteiger partial charge in [0.15, 0.2) is 0 Å². The lowest BCUT2D eigenvalue weighted by Crippen LogP contribution is -2.16. The summed E-state index contributed by atoms with van der Waals surface area (Å²) in [6.45, 7) is 0. The van der Waals surface area contributed by atoms with Crippen molar-refractivity contribution in [1.29, 1.82) is 0 Å². The number of halogens is 1. The molecule has 0 saturated carbocycles. The van der Waals surface area contributed by atoms with E-state index in [1.54, 1.807) is 12.1 Å². The van der Waals surface area contributed by atoms with E-state index in [0.29, 0.717) is 5.75 Å². The lowest BCUT2D eigenvalue weighted by molar-refractivity contribution is -0.135. The zero-order chi connectivity index (χ0) is 11.4. The first kappa shape index (κ1) is 11.7. The molecule has 0 fully saturated rings. The average Bonchev–Trinajstić information content (AvgIpc) is 2.26. The van der Waals surface area contributed by atoms with Crippen LogP contribution in [-0.2, 0) is 9.53 Å². The van der Waals surface area contributed by atoms with Crippen molar-refractivity contribution >= 4 is 27.7 Å². The molecule has 1 aromatic rings. The van der Waals surface area contributed by atoms with E-state index in [4.69, 9.17) is 4.74 Å². The van der Waals surface area contributed by atoms with Crippen LogP contribution >= 0.6 is 15.9 Å². The molecule has 0 aliphatic rings. The van der Waals surface area contributed by atoms with Crippen LogP contribution in [0.15, 0.2) is 22.7 Å². The Bertz CT molecular complexity index is 400. The number of benzene rings is 1. The Morgan fingerprint density at radius 2 is 1.93 bits per heavy atom. The zero-order valence-corrected chi connectivity index (χ0v) is 9.83. The molecule has 0 bridgehead atoms. The van der Waals surface area contributed by atoms with Gasteiger partial charge in [-0.1, -0.05) is 15.9 Å². The molecule has 1 aromatic carbocycles. The second-order valence-corrected chi connectivity index (χ2v) is 3.58. The summed E-state index contributed by atoms with van der Waals surface area (Å²) in [4.78, 5) is 22.5. The standard InChI is InChI=1S/C10H9BrO4/c1-14-8-5-6(11)3-4-7(8)9(12)10(13)15-2/h3-5H,1-2H3. The number of carbonyl (C=O) groups excluding carboxylic acids is 2. The molecule has 0 radical (unpaired) electrons. The summed E-state index contributed by atoms with van der Waals surface area (Å²) in [5.41, 5.74) is 0.188. The molecular weight excluding hydrogens is 264 g/mol. The Balaban J connectivity index is 3.14. The van der Waals surface area contributed by atoms with Crippen LogP contribution in [0.25, 0.3) is 0 Å². The van der Waals surface area contributed by atoms with Gasteiger partial charge in [-0.25, -0.2) is 4.79 Å². The monoisotopic (exact) mass is 272 g/mol. The van der Waals surface area contributed by atoms with Gasteiger partial charge in [-0.3, -0.25) is 4.79 Å². The maximum Gasteiger partial charge on any atom is 0.379 e. The van der Waals surface area contributed by atoms with Gasteiger partial charge < -0.3 is 9.47 Å². The second kappa shape index (κ2) is 4.93. The van der Waals surface area contributed by atoms with Crippen molar-refractivity contribution in [3.63, 3.8) is 0 Å². The van der Waals surface area contributed by atoms with Crippen molar-refractivity contribution in [3.8, 4) is 5.75 Å². The second-order valence-electron chi connectivity index (χ2n) is 2.67. The van der Waals surface area contributed by atoms with Gasteiger partial charge in [0.25, 0.3) is 5.78 Å². The molecule has 80 valence electrons. The highest BCUT2D eigenvalue weighted by atomic mass is 79.9. The fraction of sp³-hybridized carbons (Fsp3) is 0.200. The van der Waals surface area contributed by atoms with E-state index in [-0.39, 0.29) is 5.56 Å². The summed E-state index contributed by atoms with van der Waals surface area (Å²) >= 11 is 3.23. The van der Waals surface area contributed by atoms with Gasteiger partial charge in [-0.2, -0.15) is 0 Å². The highest BCUT2D eigenvalue weighted by Gasteiger charge is 2.20. The molecule has 0 aliphatic heterocycles. The fourth-order valence-electron chi connectivity index (χ4n) is 1.06. The molecule has 0 saturated heterocycles. The third-order valence-corrected chi connectivity index (χ3v) is 2.27. The number of hydrogen-bond acceptors (Lipinski definition) is 4. The predicted molar refractivity (Wildman–Crippen MR) is 57.0 cm³/mol. The maximum atomic E-state index is 11.5. The van der Waals surface area contributed by atoms with Crippen molar-refractivity contribution < 1.29 is 19.1 Å². The third-order valence-electron chi connectivity index (χ3n) is 1.78. The minimum atomic E-state index is -0.907. The Labute approximate surface area is 95.3 Å². The van der Waals surface area contributed by atoms with E-state index in [1.807, 2.05) is 0 Å². The first-order chi connectivity index (χ1) is 7.10. The minimum Gasteiger partial charge on any atom is -0.496 e. The molecule has 5 heteroatoms. The first-order valence-electron chi connectivity index (χ1n) is 4.06. The van der Waals surface area contributed by atoms with Gasteiger partial charge >= 0.3 is 5.97 Å². The Morgan fingerprint density at radius 1 is 1.27 bits per heavy atom. The molecule has 0 aromatic heterocycles. The topological polar surface area (TPSA) is 52.6 Å². The number of esters is 1. The third kappa shape index (κ3) is 2.56. The predicted octanol–water partition coefficient (Wildman–Crippen LogP) is 1.81. The van der Waals surface area contributed by atoms with E-state index >= 15 is 0 Å². The van der Waals surface area contributed by atoms with Crippen LogP contribution in [0.2, 0.25) is 0 Å². The number of hydrogen-bond donors (Lipinski definition) is 0. The van der Waals surface area contributed by atoms with Crippen LogP contribution in [0.3, 0.4) is 0 Å². The van der Waals surface area contributed by atoms with Gasteiger partial charge in [0.2, 0.25) is 0 Å². The molecule has 1 rings (SSSR count). The fourth-order valence-corrected chi connectivity index (χ4v) is 1.40. The number of carbonyl (C=O) groups is 2. The Hall–Kier alpha value is -1.36. The summed E-state index contributed by atoms with van der Waals surface area (Å²) in [5, 5.41) is 0. The molecule has 0 heterocycles. The van der Waals surface area contributed by atoms with Crippen LogP contribution in [0.1, 0.15) is 10.4 Å². The quantitative estimate of drug-likeness (QED) is 0.479. The lowest BCUT2D eigenvalue weighted by atomic mass is 10.1. The summed E-state index contributed by atoms with van der Waals surface area (Å²) in [6.07, 6.45) is 0. The number of rotatable bonds is 3. The zero-order valence-electron chi connectivity index (χ0n) is 8.24. The average molecular weight is 273 g/mol. The molecule has 0 spiro atoms. The van der Waals surface area contributed by atoms with E-state index in [0.717, 1.165) is 11.6 Å². The SMILES string of the molecule is COC(=O)C(=O)c1ccc(Br)cc1OC. The van der Waals surface area contributed by atoms with Gasteiger partial charge in [-0.05, 0) is 18.2 Å². The number of ketones is 1. The molecule has 4 nitrogen and oxygen atoms in total. The molecule has 0 atom stereocenters. The van der Waals surface area contributed by atoms with Crippen LogP contribution in [0, 0.1) is 0 Å². The molecule has 15 heavy (non-hydrogen) atoms. The smallest absolute Gasteiger partial charge is 0.379 e. The van der Waals surface area contributed by atoms with Crippen LogP contribution in [0.5, 0.6) is 5.75 Å². The maximum absolute atomic E-state index is 11.5. The molecular formula is C10H9BrO4. The van der Waals surface area contributed by atoms with Crippen LogP contribution in [-0.4, -0.2) is 26.0 Å².